The van der Waals surface area contributed by atoms with Crippen molar-refractivity contribution in [2.75, 3.05) is 5.75 Å². The summed E-state index contributed by atoms with van der Waals surface area (Å²) in [6.07, 6.45) is 3.80. The number of ether oxygens (including phenoxy) is 1. The van der Waals surface area contributed by atoms with E-state index in [0.29, 0.717) is 16.9 Å². The first kappa shape index (κ1) is 25.2. The van der Waals surface area contributed by atoms with Crippen molar-refractivity contribution in [3.05, 3.63) is 83.6 Å². The Bertz CT molecular complexity index is 1220. The largest absolute Gasteiger partial charge is 0.438 e. The number of nitrogens with one attached hydrogen (secondary N) is 1. The fourth-order valence-electron chi connectivity index (χ4n) is 3.00. The number of aromatic nitrogens is 2. The molecule has 1 aromatic heterocycles. The molecule has 2 aromatic carbocycles. The maximum atomic E-state index is 14.8. The molecule has 0 spiro atoms. The molecule has 0 aliphatic carbocycles. The van der Waals surface area contributed by atoms with Crippen molar-refractivity contribution < 1.29 is 17.7 Å². The molecular formula is C25H26F2N4O2S. The average Bonchev–Trinajstić information content (AvgIpc) is 2.81. The van der Waals surface area contributed by atoms with Gasteiger partial charge in [0.2, 0.25) is 5.88 Å². The first-order valence-corrected chi connectivity index (χ1v) is 11.8. The monoisotopic (exact) mass is 484 g/mol. The van der Waals surface area contributed by atoms with E-state index in [4.69, 9.17) is 15.9 Å². The zero-order valence-corrected chi connectivity index (χ0v) is 19.9. The van der Waals surface area contributed by atoms with Crippen LogP contribution in [-0.4, -0.2) is 30.5 Å². The van der Waals surface area contributed by atoms with E-state index in [1.54, 1.807) is 32.9 Å². The van der Waals surface area contributed by atoms with E-state index in [9.17, 15) is 13.0 Å². The summed E-state index contributed by atoms with van der Waals surface area (Å²) in [5.41, 5.74) is 6.27. The Hall–Kier alpha value is -3.46. The van der Waals surface area contributed by atoms with Crippen LogP contribution in [0.3, 0.4) is 0 Å². The van der Waals surface area contributed by atoms with Crippen molar-refractivity contribution in [2.24, 2.45) is 5.73 Å². The molecule has 3 aromatic rings. The molecule has 1 heterocycles. The van der Waals surface area contributed by atoms with Crippen molar-refractivity contribution in [3.8, 4) is 11.6 Å². The molecule has 9 heteroatoms. The van der Waals surface area contributed by atoms with E-state index in [2.05, 4.69) is 9.97 Å². The zero-order chi connectivity index (χ0) is 24.9. The lowest BCUT2D eigenvalue weighted by Gasteiger charge is -2.24. The van der Waals surface area contributed by atoms with Gasteiger partial charge < -0.3 is 10.5 Å². The summed E-state index contributed by atoms with van der Waals surface area (Å²) in [7, 11) is -1.50. The Morgan fingerprint density at radius 1 is 1.21 bits per heavy atom. The Morgan fingerprint density at radius 2 is 1.91 bits per heavy atom. The van der Waals surface area contributed by atoms with E-state index >= 15 is 0 Å². The Morgan fingerprint density at radius 3 is 2.53 bits per heavy atom. The van der Waals surface area contributed by atoms with E-state index in [1.165, 1.54) is 36.7 Å². The lowest BCUT2D eigenvalue weighted by atomic mass is 9.99. The minimum atomic E-state index is -1.50. The highest BCUT2D eigenvalue weighted by molar-refractivity contribution is 7.87. The fourth-order valence-corrected chi connectivity index (χ4v) is 4.29. The Balaban J connectivity index is 1.76. The van der Waals surface area contributed by atoms with Crippen molar-refractivity contribution in [3.63, 3.8) is 0 Å². The molecule has 178 valence electrons. The summed E-state index contributed by atoms with van der Waals surface area (Å²) in [6, 6.07) is 13.2. The van der Waals surface area contributed by atoms with Gasteiger partial charge in [-0.15, -0.1) is 0 Å². The first-order chi connectivity index (χ1) is 16.1. The molecule has 3 rings (SSSR count). The third-order valence-corrected chi connectivity index (χ3v) is 7.46. The maximum Gasteiger partial charge on any atom is 0.237 e. The second-order valence-electron chi connectivity index (χ2n) is 8.27. The molecule has 0 aliphatic heterocycles. The lowest BCUT2D eigenvalue weighted by molar-refractivity contribution is 0.459. The molecule has 3 N–H and O–H groups in total. The maximum absolute atomic E-state index is 14.8. The van der Waals surface area contributed by atoms with Gasteiger partial charge in [0.15, 0.2) is 5.83 Å². The highest BCUT2D eigenvalue weighted by Crippen LogP contribution is 2.27. The zero-order valence-electron chi connectivity index (χ0n) is 19.1. The standard InChI is InChI=1S/C25H26F2N4O2S/c1-16(15-34(32)25(2,3)24(28)29)19-11-17(9-10-20(19)26)12-21(27)22-13-31-23(14-30-22)33-18-7-5-4-6-8-18/h4-14,16H,15H2,1-3H3,(H3,28,29)/b21-12-. The van der Waals surface area contributed by atoms with Gasteiger partial charge in [-0.25, -0.2) is 18.7 Å². The van der Waals surface area contributed by atoms with Gasteiger partial charge in [0.05, 0.1) is 17.1 Å². The van der Waals surface area contributed by atoms with Crippen LogP contribution in [0, 0.1) is 11.2 Å². The molecule has 2 atom stereocenters. The molecule has 0 radical (unpaired) electrons. The molecule has 0 saturated heterocycles. The van der Waals surface area contributed by atoms with E-state index in [-0.39, 0.29) is 23.2 Å². The van der Waals surface area contributed by atoms with Crippen molar-refractivity contribution in [1.29, 1.82) is 5.41 Å². The van der Waals surface area contributed by atoms with Gasteiger partial charge in [-0.2, -0.15) is 0 Å². The number of rotatable bonds is 9. The normalized spacial score (nSPS) is 13.9. The molecular weight excluding hydrogens is 458 g/mol. The van der Waals surface area contributed by atoms with Gasteiger partial charge in [0.25, 0.3) is 0 Å². The van der Waals surface area contributed by atoms with Crippen LogP contribution in [0.5, 0.6) is 11.6 Å². The second kappa shape index (κ2) is 10.6. The Kier molecular flexibility index (Phi) is 7.88. The summed E-state index contributed by atoms with van der Waals surface area (Å²) in [5, 5.41) is 7.62. The van der Waals surface area contributed by atoms with Crippen LogP contribution in [0.25, 0.3) is 11.9 Å². The third-order valence-electron chi connectivity index (χ3n) is 5.30. The SMILES string of the molecule is CC(CS(=O)C(C)(C)C(=N)N)c1cc(/C=C(\F)c2cnc(Oc3ccccc3)cn2)ccc1F. The fraction of sp³-hybridized carbons (Fsp3) is 0.240. The van der Waals surface area contributed by atoms with Crippen LogP contribution in [0.4, 0.5) is 8.78 Å². The van der Waals surface area contributed by atoms with Gasteiger partial charge >= 0.3 is 0 Å². The second-order valence-corrected chi connectivity index (χ2v) is 10.3. The van der Waals surface area contributed by atoms with Crippen LogP contribution >= 0.6 is 0 Å². The Labute approximate surface area is 199 Å². The molecule has 0 fully saturated rings. The number of para-hydroxylation sites is 1. The molecule has 6 nitrogen and oxygen atoms in total. The summed E-state index contributed by atoms with van der Waals surface area (Å²) < 4.78 is 46.5. The van der Waals surface area contributed by atoms with E-state index in [1.807, 2.05) is 18.2 Å². The molecule has 0 aliphatic rings. The molecule has 0 bridgehead atoms. The van der Waals surface area contributed by atoms with Crippen LogP contribution < -0.4 is 10.5 Å². The molecule has 2 unspecified atom stereocenters. The number of amidine groups is 1. The van der Waals surface area contributed by atoms with Crippen LogP contribution in [0.15, 0.2) is 60.9 Å². The number of nitrogens with two attached hydrogens (primary N) is 1. The molecule has 34 heavy (non-hydrogen) atoms. The predicted octanol–water partition coefficient (Wildman–Crippen LogP) is 5.44. The van der Waals surface area contributed by atoms with E-state index < -0.39 is 33.1 Å². The number of nitrogens with zero attached hydrogens (tertiary/aromatic N) is 2. The van der Waals surface area contributed by atoms with Crippen molar-refractivity contribution >= 4 is 28.5 Å². The van der Waals surface area contributed by atoms with Crippen molar-refractivity contribution in [2.45, 2.75) is 31.4 Å². The van der Waals surface area contributed by atoms with Gasteiger partial charge in [-0.3, -0.25) is 9.62 Å². The van der Waals surface area contributed by atoms with Gasteiger partial charge in [-0.1, -0.05) is 31.2 Å². The first-order valence-electron chi connectivity index (χ1n) is 10.5. The average molecular weight is 485 g/mol. The highest BCUT2D eigenvalue weighted by Gasteiger charge is 2.31. The quantitative estimate of drug-likeness (QED) is 0.311. The molecule has 0 amide bonds. The summed E-state index contributed by atoms with van der Waals surface area (Å²) in [6.45, 7) is 4.95. The number of benzene rings is 2. The third kappa shape index (κ3) is 6.11. The molecule has 0 saturated carbocycles. The highest BCUT2D eigenvalue weighted by atomic mass is 32.2. The van der Waals surface area contributed by atoms with Crippen LogP contribution in [-0.2, 0) is 10.8 Å². The van der Waals surface area contributed by atoms with Gasteiger partial charge in [-0.05, 0) is 61.2 Å². The topological polar surface area (TPSA) is 102 Å². The minimum Gasteiger partial charge on any atom is -0.438 e. The van der Waals surface area contributed by atoms with Crippen LogP contribution in [0.2, 0.25) is 0 Å². The summed E-state index contributed by atoms with van der Waals surface area (Å²) in [5.74, 6) is -0.852. The lowest BCUT2D eigenvalue weighted by Crippen LogP contribution is -2.43. The smallest absolute Gasteiger partial charge is 0.237 e. The van der Waals surface area contributed by atoms with Crippen LogP contribution in [0.1, 0.15) is 43.5 Å². The minimum absolute atomic E-state index is 0.00338. The number of hydrogen-bond donors (Lipinski definition) is 2. The summed E-state index contributed by atoms with van der Waals surface area (Å²) in [4.78, 5) is 8.13. The predicted molar refractivity (Wildman–Crippen MR) is 131 cm³/mol. The number of hydrogen-bond acceptors (Lipinski definition) is 5. The van der Waals surface area contributed by atoms with E-state index in [0.717, 1.165) is 0 Å². The summed E-state index contributed by atoms with van der Waals surface area (Å²) >= 11 is 0. The van der Waals surface area contributed by atoms with Crippen molar-refractivity contribution in [1.82, 2.24) is 9.97 Å². The van der Waals surface area contributed by atoms with Gasteiger partial charge in [0, 0.05) is 16.6 Å². The van der Waals surface area contributed by atoms with Gasteiger partial charge in [0.1, 0.15) is 23.1 Å². The number of halogens is 2.